The van der Waals surface area contributed by atoms with E-state index in [0.29, 0.717) is 17.7 Å². The lowest BCUT2D eigenvalue weighted by Crippen LogP contribution is -2.40. The molecule has 1 saturated heterocycles. The molecule has 1 amide bonds. The maximum atomic E-state index is 13.6. The third-order valence-electron chi connectivity index (χ3n) is 4.99. The number of piperidine rings is 1. The average Bonchev–Trinajstić information content (AvgIpc) is 2.68. The van der Waals surface area contributed by atoms with Crippen molar-refractivity contribution in [1.29, 1.82) is 5.26 Å². The normalized spacial score (nSPS) is 14.7. The zero-order valence-corrected chi connectivity index (χ0v) is 16.7. The van der Waals surface area contributed by atoms with Crippen LogP contribution in [0.3, 0.4) is 0 Å². The molecule has 0 aliphatic carbocycles. The second kappa shape index (κ2) is 8.53. The van der Waals surface area contributed by atoms with E-state index in [1.165, 1.54) is 6.07 Å². The molecule has 2 aromatic rings. The van der Waals surface area contributed by atoms with Crippen LogP contribution in [-0.4, -0.2) is 19.0 Å². The Morgan fingerprint density at radius 2 is 2.04 bits per heavy atom. The predicted octanol–water partition coefficient (Wildman–Crippen LogP) is 4.30. The summed E-state index contributed by atoms with van der Waals surface area (Å²) in [4.78, 5) is 14.7. The number of rotatable bonds is 4. The predicted molar refractivity (Wildman–Crippen MR) is 107 cm³/mol. The van der Waals surface area contributed by atoms with E-state index in [0.717, 1.165) is 41.7 Å². The van der Waals surface area contributed by atoms with Gasteiger partial charge in [0.25, 0.3) is 0 Å². The van der Waals surface area contributed by atoms with Gasteiger partial charge in [-0.15, -0.1) is 0 Å². The topological polar surface area (TPSA) is 56.1 Å². The van der Waals surface area contributed by atoms with E-state index in [9.17, 15) is 9.18 Å². The third-order valence-corrected chi connectivity index (χ3v) is 5.62. The Labute approximate surface area is 167 Å². The first kappa shape index (κ1) is 19.4. The summed E-state index contributed by atoms with van der Waals surface area (Å²) in [6, 6.07) is 12.7. The second-order valence-electron chi connectivity index (χ2n) is 6.84. The van der Waals surface area contributed by atoms with E-state index in [-0.39, 0.29) is 17.6 Å². The summed E-state index contributed by atoms with van der Waals surface area (Å²) in [6.45, 7) is 3.62. The molecule has 0 unspecified atom stereocenters. The number of carbonyl (C=O) groups excluding carboxylic acids is 1. The molecule has 1 heterocycles. The van der Waals surface area contributed by atoms with Gasteiger partial charge in [0.1, 0.15) is 5.82 Å². The van der Waals surface area contributed by atoms with Crippen LogP contribution in [-0.2, 0) is 11.3 Å². The van der Waals surface area contributed by atoms with Crippen LogP contribution in [0.5, 0.6) is 0 Å². The zero-order chi connectivity index (χ0) is 19.4. The van der Waals surface area contributed by atoms with E-state index in [1.807, 2.05) is 18.2 Å². The lowest BCUT2D eigenvalue weighted by molar-refractivity contribution is -0.125. The number of amides is 1. The van der Waals surface area contributed by atoms with E-state index >= 15 is 0 Å². The molecule has 1 aliphatic heterocycles. The van der Waals surface area contributed by atoms with Crippen LogP contribution < -0.4 is 10.2 Å². The Balaban J connectivity index is 1.53. The van der Waals surface area contributed by atoms with Crippen LogP contribution in [0.25, 0.3) is 0 Å². The SMILES string of the molecule is Cc1ccc(CNC(=O)C2CCN(c3ccc(C#N)cc3Br)CC2)cc1F. The summed E-state index contributed by atoms with van der Waals surface area (Å²) in [5.74, 6) is -0.258. The largest absolute Gasteiger partial charge is 0.371 e. The van der Waals surface area contributed by atoms with Gasteiger partial charge in [-0.1, -0.05) is 12.1 Å². The summed E-state index contributed by atoms with van der Waals surface area (Å²) in [6.07, 6.45) is 1.53. The van der Waals surface area contributed by atoms with Crippen molar-refractivity contribution in [2.24, 2.45) is 5.92 Å². The maximum absolute atomic E-state index is 13.6. The minimum Gasteiger partial charge on any atom is -0.371 e. The van der Waals surface area contributed by atoms with Gasteiger partial charge in [-0.2, -0.15) is 5.26 Å². The summed E-state index contributed by atoms with van der Waals surface area (Å²) in [5, 5.41) is 11.9. The van der Waals surface area contributed by atoms with Crippen molar-refractivity contribution in [1.82, 2.24) is 5.32 Å². The molecule has 4 nitrogen and oxygen atoms in total. The van der Waals surface area contributed by atoms with Crippen molar-refractivity contribution in [2.75, 3.05) is 18.0 Å². The Bertz CT molecular complexity index is 885. The molecule has 3 rings (SSSR count). The lowest BCUT2D eigenvalue weighted by atomic mass is 9.95. The molecule has 6 heteroatoms. The number of anilines is 1. The molecule has 27 heavy (non-hydrogen) atoms. The van der Waals surface area contributed by atoms with Crippen molar-refractivity contribution in [3.05, 3.63) is 63.4 Å². The first-order valence-corrected chi connectivity index (χ1v) is 9.74. The first-order valence-electron chi connectivity index (χ1n) is 8.95. The highest BCUT2D eigenvalue weighted by Gasteiger charge is 2.25. The Morgan fingerprint density at radius 1 is 1.30 bits per heavy atom. The van der Waals surface area contributed by atoms with Crippen molar-refractivity contribution >= 4 is 27.5 Å². The fourth-order valence-electron chi connectivity index (χ4n) is 3.30. The van der Waals surface area contributed by atoms with Gasteiger partial charge in [-0.25, -0.2) is 4.39 Å². The van der Waals surface area contributed by atoms with Crippen LogP contribution in [0.4, 0.5) is 10.1 Å². The van der Waals surface area contributed by atoms with Crippen LogP contribution in [0.15, 0.2) is 40.9 Å². The number of aryl methyl sites for hydroxylation is 1. The van der Waals surface area contributed by atoms with Crippen LogP contribution in [0.1, 0.15) is 29.5 Å². The van der Waals surface area contributed by atoms with Gasteiger partial charge in [0, 0.05) is 30.0 Å². The number of halogens is 2. The monoisotopic (exact) mass is 429 g/mol. The number of hydrogen-bond acceptors (Lipinski definition) is 3. The second-order valence-corrected chi connectivity index (χ2v) is 7.69. The molecule has 1 fully saturated rings. The Kier molecular flexibility index (Phi) is 6.12. The van der Waals surface area contributed by atoms with Gasteiger partial charge in [0.05, 0.1) is 17.3 Å². The standard InChI is InChI=1S/C21H21BrFN3O/c1-14-2-3-16(11-19(14)23)13-25-21(27)17-6-8-26(9-7-17)20-5-4-15(12-24)10-18(20)22/h2-5,10-11,17H,6-9,13H2,1H3,(H,25,27). The summed E-state index contributed by atoms with van der Waals surface area (Å²) in [7, 11) is 0. The zero-order valence-electron chi connectivity index (χ0n) is 15.1. The minimum atomic E-state index is -0.247. The Hall–Kier alpha value is -2.39. The van der Waals surface area contributed by atoms with Crippen molar-refractivity contribution in [3.63, 3.8) is 0 Å². The number of hydrogen-bond donors (Lipinski definition) is 1. The smallest absolute Gasteiger partial charge is 0.223 e. The van der Waals surface area contributed by atoms with Gasteiger partial charge in [-0.3, -0.25) is 4.79 Å². The first-order chi connectivity index (χ1) is 13.0. The van der Waals surface area contributed by atoms with E-state index in [4.69, 9.17) is 5.26 Å². The number of benzene rings is 2. The van der Waals surface area contributed by atoms with Gasteiger partial charge in [-0.05, 0) is 71.1 Å². The maximum Gasteiger partial charge on any atom is 0.223 e. The molecule has 0 atom stereocenters. The molecule has 0 saturated carbocycles. The molecular formula is C21H21BrFN3O. The third kappa shape index (κ3) is 4.67. The lowest BCUT2D eigenvalue weighted by Gasteiger charge is -2.33. The van der Waals surface area contributed by atoms with E-state index in [1.54, 1.807) is 19.1 Å². The number of nitriles is 1. The summed E-state index contributed by atoms with van der Waals surface area (Å²) >= 11 is 3.53. The highest BCUT2D eigenvalue weighted by molar-refractivity contribution is 9.10. The molecule has 2 aromatic carbocycles. The molecule has 0 radical (unpaired) electrons. The fraction of sp³-hybridized carbons (Fsp3) is 0.333. The molecule has 1 aliphatic rings. The van der Waals surface area contributed by atoms with Crippen LogP contribution in [0, 0.1) is 30.0 Å². The van der Waals surface area contributed by atoms with Gasteiger partial charge < -0.3 is 10.2 Å². The van der Waals surface area contributed by atoms with Crippen molar-refractivity contribution < 1.29 is 9.18 Å². The Morgan fingerprint density at radius 3 is 2.67 bits per heavy atom. The quantitative estimate of drug-likeness (QED) is 0.787. The minimum absolute atomic E-state index is 0.0227. The molecule has 1 N–H and O–H groups in total. The average molecular weight is 430 g/mol. The molecule has 0 aromatic heterocycles. The molecule has 140 valence electrons. The van der Waals surface area contributed by atoms with Crippen LogP contribution >= 0.6 is 15.9 Å². The fourth-order valence-corrected chi connectivity index (χ4v) is 3.92. The van der Waals surface area contributed by atoms with Crippen molar-refractivity contribution in [2.45, 2.75) is 26.3 Å². The van der Waals surface area contributed by atoms with Crippen LogP contribution in [0.2, 0.25) is 0 Å². The highest BCUT2D eigenvalue weighted by atomic mass is 79.9. The van der Waals surface area contributed by atoms with E-state index in [2.05, 4.69) is 32.2 Å². The van der Waals surface area contributed by atoms with Crippen molar-refractivity contribution in [3.8, 4) is 6.07 Å². The molecule has 0 bridgehead atoms. The summed E-state index contributed by atoms with van der Waals surface area (Å²) < 4.78 is 14.5. The van der Waals surface area contributed by atoms with Gasteiger partial charge in [0.2, 0.25) is 5.91 Å². The molecular weight excluding hydrogens is 409 g/mol. The number of carbonyl (C=O) groups is 1. The van der Waals surface area contributed by atoms with E-state index < -0.39 is 0 Å². The molecule has 0 spiro atoms. The number of nitrogens with zero attached hydrogens (tertiary/aromatic N) is 2. The van der Waals surface area contributed by atoms with Gasteiger partial charge >= 0.3 is 0 Å². The summed E-state index contributed by atoms with van der Waals surface area (Å²) in [5.41, 5.74) is 3.03. The van der Waals surface area contributed by atoms with Gasteiger partial charge in [0.15, 0.2) is 0 Å². The highest BCUT2D eigenvalue weighted by Crippen LogP contribution is 2.30. The number of nitrogens with one attached hydrogen (secondary N) is 1.